The molecule has 0 radical (unpaired) electrons. The van der Waals surface area contributed by atoms with Crippen LogP contribution in [0.15, 0.2) is 6.20 Å². The normalized spacial score (nSPS) is 10.9. The quantitative estimate of drug-likeness (QED) is 0.871. The van der Waals surface area contributed by atoms with Crippen LogP contribution in [0.2, 0.25) is 10.0 Å². The van der Waals surface area contributed by atoms with Crippen LogP contribution in [0, 0.1) is 6.92 Å². The highest BCUT2D eigenvalue weighted by Crippen LogP contribution is 2.22. The molecule has 0 spiro atoms. The zero-order chi connectivity index (χ0) is 15.0. The summed E-state index contributed by atoms with van der Waals surface area (Å²) in [6.07, 6.45) is 1.55. The van der Waals surface area contributed by atoms with Crippen molar-refractivity contribution in [2.24, 2.45) is 14.1 Å². The summed E-state index contributed by atoms with van der Waals surface area (Å²) in [5, 5.41) is 9.09. The Hall–Kier alpha value is -1.53. The summed E-state index contributed by atoms with van der Waals surface area (Å²) in [6, 6.07) is 0. The van der Waals surface area contributed by atoms with Crippen LogP contribution in [-0.4, -0.2) is 37.4 Å². The van der Waals surface area contributed by atoms with Gasteiger partial charge in [0, 0.05) is 21.1 Å². The Bertz CT molecular complexity index is 642. The molecule has 108 valence electrons. The van der Waals surface area contributed by atoms with Crippen molar-refractivity contribution in [3.05, 3.63) is 33.3 Å². The molecule has 20 heavy (non-hydrogen) atoms. The minimum atomic E-state index is -0.213. The van der Waals surface area contributed by atoms with Crippen LogP contribution in [0.1, 0.15) is 21.9 Å². The largest absolute Gasteiger partial charge is 0.334 e. The molecule has 0 aliphatic heterocycles. The predicted molar refractivity (Wildman–Crippen MR) is 77.0 cm³/mol. The van der Waals surface area contributed by atoms with Gasteiger partial charge in [-0.2, -0.15) is 10.2 Å². The first kappa shape index (κ1) is 14.9. The Morgan fingerprint density at radius 3 is 2.45 bits per heavy atom. The van der Waals surface area contributed by atoms with Gasteiger partial charge in [0.2, 0.25) is 0 Å². The van der Waals surface area contributed by atoms with Gasteiger partial charge < -0.3 is 4.90 Å². The summed E-state index contributed by atoms with van der Waals surface area (Å²) in [6.45, 7) is 2.10. The number of aromatic nitrogens is 4. The van der Waals surface area contributed by atoms with E-state index in [9.17, 15) is 4.79 Å². The third kappa shape index (κ3) is 2.53. The van der Waals surface area contributed by atoms with Crippen LogP contribution in [0.5, 0.6) is 0 Å². The third-order valence-electron chi connectivity index (χ3n) is 3.10. The first-order valence-corrected chi connectivity index (χ1v) is 6.69. The Morgan fingerprint density at radius 1 is 1.35 bits per heavy atom. The lowest BCUT2D eigenvalue weighted by molar-refractivity contribution is 0.0771. The van der Waals surface area contributed by atoms with E-state index in [-0.39, 0.29) is 5.91 Å². The highest BCUT2D eigenvalue weighted by atomic mass is 35.5. The van der Waals surface area contributed by atoms with Crippen molar-refractivity contribution in [1.29, 1.82) is 0 Å². The molecule has 2 heterocycles. The molecular weight excluding hydrogens is 301 g/mol. The van der Waals surface area contributed by atoms with E-state index in [4.69, 9.17) is 23.2 Å². The van der Waals surface area contributed by atoms with Gasteiger partial charge in [-0.25, -0.2) is 0 Å². The SMILES string of the molecule is Cc1nn(C)c(C(=O)N(C)Cc2c(Cl)cnn2C)c1Cl. The van der Waals surface area contributed by atoms with Crippen LogP contribution in [0.4, 0.5) is 0 Å². The molecule has 2 aromatic rings. The third-order valence-corrected chi connectivity index (χ3v) is 3.86. The van der Waals surface area contributed by atoms with Crippen LogP contribution in [-0.2, 0) is 20.6 Å². The number of halogens is 2. The standard InChI is InChI=1S/C12H15Cl2N5O/c1-7-10(14)11(19(4)16-7)12(20)17(2)6-9-8(13)5-15-18(9)3/h5H,6H2,1-4H3. The maximum absolute atomic E-state index is 12.5. The van der Waals surface area contributed by atoms with Gasteiger partial charge in [-0.3, -0.25) is 14.2 Å². The van der Waals surface area contributed by atoms with Crippen molar-refractivity contribution in [2.75, 3.05) is 7.05 Å². The molecule has 1 amide bonds. The predicted octanol–water partition coefficient (Wildman–Crippen LogP) is 2.04. The lowest BCUT2D eigenvalue weighted by atomic mass is 10.3. The van der Waals surface area contributed by atoms with Crippen molar-refractivity contribution in [2.45, 2.75) is 13.5 Å². The molecule has 2 aromatic heterocycles. The van der Waals surface area contributed by atoms with Crippen LogP contribution in [0.3, 0.4) is 0 Å². The smallest absolute Gasteiger partial charge is 0.273 e. The number of hydrogen-bond donors (Lipinski definition) is 0. The molecule has 0 aliphatic carbocycles. The minimum Gasteiger partial charge on any atom is -0.334 e. The van der Waals surface area contributed by atoms with E-state index < -0.39 is 0 Å². The number of amides is 1. The average Bonchev–Trinajstić information content (AvgIpc) is 2.82. The first-order valence-electron chi connectivity index (χ1n) is 5.93. The van der Waals surface area contributed by atoms with E-state index in [1.807, 2.05) is 0 Å². The fraction of sp³-hybridized carbons (Fsp3) is 0.417. The Balaban J connectivity index is 2.25. The van der Waals surface area contributed by atoms with E-state index >= 15 is 0 Å². The second-order valence-corrected chi connectivity index (χ2v) is 5.38. The van der Waals surface area contributed by atoms with Gasteiger partial charge in [0.15, 0.2) is 0 Å². The molecule has 0 atom stereocenters. The highest BCUT2D eigenvalue weighted by Gasteiger charge is 2.23. The number of rotatable bonds is 3. The second-order valence-electron chi connectivity index (χ2n) is 4.60. The first-order chi connectivity index (χ1) is 9.32. The fourth-order valence-corrected chi connectivity index (χ4v) is 2.42. The van der Waals surface area contributed by atoms with Gasteiger partial charge in [-0.15, -0.1) is 0 Å². The topological polar surface area (TPSA) is 56.0 Å². The summed E-state index contributed by atoms with van der Waals surface area (Å²) in [5.74, 6) is -0.213. The summed E-state index contributed by atoms with van der Waals surface area (Å²) in [4.78, 5) is 14.0. The van der Waals surface area contributed by atoms with Crippen molar-refractivity contribution >= 4 is 29.1 Å². The zero-order valence-corrected chi connectivity index (χ0v) is 13.2. The summed E-state index contributed by atoms with van der Waals surface area (Å²) in [5.41, 5.74) is 1.76. The molecule has 0 saturated heterocycles. The molecule has 0 aliphatic rings. The minimum absolute atomic E-state index is 0.213. The van der Waals surface area contributed by atoms with Gasteiger partial charge in [0.05, 0.1) is 34.2 Å². The maximum Gasteiger partial charge on any atom is 0.273 e. The number of carbonyl (C=O) groups excluding carboxylic acids is 1. The second kappa shape index (κ2) is 5.46. The number of hydrogen-bond acceptors (Lipinski definition) is 3. The monoisotopic (exact) mass is 315 g/mol. The van der Waals surface area contributed by atoms with E-state index in [1.54, 1.807) is 38.9 Å². The molecule has 2 rings (SSSR count). The van der Waals surface area contributed by atoms with Crippen molar-refractivity contribution in [3.63, 3.8) is 0 Å². The molecule has 0 fully saturated rings. The molecule has 8 heteroatoms. The molecule has 0 saturated carbocycles. The molecule has 0 unspecified atom stereocenters. The van der Waals surface area contributed by atoms with E-state index in [1.165, 1.54) is 9.58 Å². The molecular formula is C12H15Cl2N5O. The average molecular weight is 316 g/mol. The highest BCUT2D eigenvalue weighted by molar-refractivity contribution is 6.34. The number of aryl methyl sites for hydroxylation is 3. The lowest BCUT2D eigenvalue weighted by Crippen LogP contribution is -2.29. The molecule has 0 bridgehead atoms. The van der Waals surface area contributed by atoms with Crippen LogP contribution >= 0.6 is 23.2 Å². The molecule has 0 aromatic carbocycles. The van der Waals surface area contributed by atoms with Crippen molar-refractivity contribution in [1.82, 2.24) is 24.5 Å². The summed E-state index contributed by atoms with van der Waals surface area (Å²) >= 11 is 12.2. The van der Waals surface area contributed by atoms with E-state index in [2.05, 4.69) is 10.2 Å². The number of nitrogens with zero attached hydrogens (tertiary/aromatic N) is 5. The maximum atomic E-state index is 12.5. The Morgan fingerprint density at radius 2 is 2.00 bits per heavy atom. The van der Waals surface area contributed by atoms with Crippen molar-refractivity contribution < 1.29 is 4.79 Å². The van der Waals surface area contributed by atoms with Crippen molar-refractivity contribution in [3.8, 4) is 0 Å². The van der Waals surface area contributed by atoms with E-state index in [0.717, 1.165) is 5.69 Å². The van der Waals surface area contributed by atoms with Gasteiger partial charge in [0.25, 0.3) is 5.91 Å². The zero-order valence-electron chi connectivity index (χ0n) is 11.7. The Labute approximate surface area is 126 Å². The van der Waals surface area contributed by atoms with Gasteiger partial charge in [-0.05, 0) is 6.92 Å². The summed E-state index contributed by atoms with van der Waals surface area (Å²) < 4.78 is 3.13. The molecule has 6 nitrogen and oxygen atoms in total. The van der Waals surface area contributed by atoms with Gasteiger partial charge in [0.1, 0.15) is 5.69 Å². The fourth-order valence-electron chi connectivity index (χ4n) is 1.96. The lowest BCUT2D eigenvalue weighted by Gasteiger charge is -2.17. The van der Waals surface area contributed by atoms with Crippen LogP contribution < -0.4 is 0 Å². The summed E-state index contributed by atoms with van der Waals surface area (Å²) in [7, 11) is 5.15. The van der Waals surface area contributed by atoms with E-state index in [0.29, 0.717) is 28.0 Å². The number of carbonyl (C=O) groups is 1. The van der Waals surface area contributed by atoms with Gasteiger partial charge >= 0.3 is 0 Å². The van der Waals surface area contributed by atoms with Gasteiger partial charge in [-0.1, -0.05) is 23.2 Å². The van der Waals surface area contributed by atoms with Crippen LogP contribution in [0.25, 0.3) is 0 Å². The Kier molecular flexibility index (Phi) is 4.06. The molecule has 0 N–H and O–H groups in total.